The van der Waals surface area contributed by atoms with Crippen LogP contribution < -0.4 is 0 Å². The first-order valence-electron chi connectivity index (χ1n) is 8.94. The fourth-order valence-electron chi connectivity index (χ4n) is 1.67. The smallest absolute Gasteiger partial charge is 0.0690 e. The Labute approximate surface area is 148 Å². The van der Waals surface area contributed by atoms with Gasteiger partial charge in [-0.25, -0.2) is 4.52 Å². The minimum absolute atomic E-state index is 1.18. The van der Waals surface area contributed by atoms with Gasteiger partial charge in [0, 0.05) is 18.9 Å². The van der Waals surface area contributed by atoms with E-state index in [1.807, 2.05) is 88.5 Å². The Balaban J connectivity index is 0. The molecule has 0 aliphatic heterocycles. The molecule has 24 heavy (non-hydrogen) atoms. The number of pyridine rings is 1. The van der Waals surface area contributed by atoms with Crippen LogP contribution in [0.3, 0.4) is 0 Å². The number of nitrogens with zero attached hydrogens (tertiary/aromatic N) is 4. The van der Waals surface area contributed by atoms with Gasteiger partial charge in [-0.3, -0.25) is 4.68 Å². The molecule has 3 heterocycles. The molecule has 0 unspecified atom stereocenters. The maximum atomic E-state index is 4.13. The van der Waals surface area contributed by atoms with Crippen LogP contribution in [0.2, 0.25) is 0 Å². The first-order chi connectivity index (χ1) is 11.6. The van der Waals surface area contributed by atoms with Crippen LogP contribution in [-0.4, -0.2) is 19.4 Å². The standard InChI is InChI=1S/C8H8N2.C6H10N2.3C2H6/c1-7-6-9-10-5-3-2-4-8(7)10;1-5-4-7-8(3)6(5)2;3*1-2/h2-6H,1H3;4H,1-3H3;3*1-2H3. The molecule has 0 aromatic carbocycles. The van der Waals surface area contributed by atoms with E-state index in [1.54, 1.807) is 0 Å². The van der Waals surface area contributed by atoms with E-state index in [0.717, 1.165) is 0 Å². The Bertz CT molecular complexity index is 631. The molecule has 0 N–H and O–H groups in total. The Morgan fingerprint density at radius 3 is 1.67 bits per heavy atom. The highest BCUT2D eigenvalue weighted by molar-refractivity contribution is 5.52. The van der Waals surface area contributed by atoms with Gasteiger partial charge in [0.25, 0.3) is 0 Å². The summed E-state index contributed by atoms with van der Waals surface area (Å²) >= 11 is 0. The second-order valence-electron chi connectivity index (χ2n) is 4.39. The molecule has 0 saturated carbocycles. The largest absolute Gasteiger partial charge is 0.273 e. The lowest BCUT2D eigenvalue weighted by atomic mass is 10.3. The van der Waals surface area contributed by atoms with E-state index in [-0.39, 0.29) is 0 Å². The second-order valence-corrected chi connectivity index (χ2v) is 4.39. The molecule has 136 valence electrons. The number of aryl methyl sites for hydroxylation is 3. The van der Waals surface area contributed by atoms with Crippen molar-refractivity contribution in [2.75, 3.05) is 0 Å². The lowest BCUT2D eigenvalue weighted by Crippen LogP contribution is -1.91. The number of fused-ring (bicyclic) bond motifs is 1. The molecule has 0 amide bonds. The summed E-state index contributed by atoms with van der Waals surface area (Å²) < 4.78 is 3.74. The fourth-order valence-corrected chi connectivity index (χ4v) is 1.67. The number of hydrogen-bond acceptors (Lipinski definition) is 2. The SMILES string of the molecule is CC.CC.CC.Cc1cnn(C)c1C.Cc1cnn2ccccc12. The first kappa shape index (κ1) is 24.2. The molecular formula is C20H36N4. The summed E-state index contributed by atoms with van der Waals surface area (Å²) in [5.74, 6) is 0. The molecule has 0 bridgehead atoms. The molecule has 0 saturated heterocycles. The second kappa shape index (κ2) is 14.5. The Hall–Kier alpha value is -2.10. The highest BCUT2D eigenvalue weighted by Gasteiger charge is 1.94. The number of rotatable bonds is 0. The van der Waals surface area contributed by atoms with E-state index in [2.05, 4.69) is 37.0 Å². The Morgan fingerprint density at radius 1 is 0.750 bits per heavy atom. The van der Waals surface area contributed by atoms with Gasteiger partial charge in [0.05, 0.1) is 17.9 Å². The highest BCUT2D eigenvalue weighted by atomic mass is 15.3. The minimum atomic E-state index is 1.18. The molecule has 4 heteroatoms. The van der Waals surface area contributed by atoms with Crippen LogP contribution in [0.4, 0.5) is 0 Å². The summed E-state index contributed by atoms with van der Waals surface area (Å²) in [7, 11) is 1.95. The van der Waals surface area contributed by atoms with Crippen molar-refractivity contribution < 1.29 is 0 Å². The quantitative estimate of drug-likeness (QED) is 0.524. The van der Waals surface area contributed by atoms with Crippen molar-refractivity contribution in [3.05, 3.63) is 53.6 Å². The van der Waals surface area contributed by atoms with Crippen LogP contribution in [0, 0.1) is 20.8 Å². The topological polar surface area (TPSA) is 35.1 Å². The minimum Gasteiger partial charge on any atom is -0.273 e. The molecule has 4 nitrogen and oxygen atoms in total. The monoisotopic (exact) mass is 332 g/mol. The van der Waals surface area contributed by atoms with Crippen molar-refractivity contribution in [2.45, 2.75) is 62.3 Å². The van der Waals surface area contributed by atoms with E-state index in [4.69, 9.17) is 0 Å². The fraction of sp³-hybridized carbons (Fsp3) is 0.500. The first-order valence-corrected chi connectivity index (χ1v) is 8.94. The average Bonchev–Trinajstić information content (AvgIpc) is 3.18. The average molecular weight is 333 g/mol. The van der Waals surface area contributed by atoms with Crippen LogP contribution >= 0.6 is 0 Å². The van der Waals surface area contributed by atoms with Gasteiger partial charge in [0.1, 0.15) is 0 Å². The maximum Gasteiger partial charge on any atom is 0.0690 e. The molecule has 0 spiro atoms. The Morgan fingerprint density at radius 2 is 1.29 bits per heavy atom. The van der Waals surface area contributed by atoms with Gasteiger partial charge in [-0.1, -0.05) is 47.6 Å². The van der Waals surface area contributed by atoms with Crippen molar-refractivity contribution in [1.82, 2.24) is 19.4 Å². The molecule has 3 aromatic rings. The summed E-state index contributed by atoms with van der Waals surface area (Å²) in [6.07, 6.45) is 5.69. The molecule has 0 radical (unpaired) electrons. The molecule has 3 aromatic heterocycles. The third kappa shape index (κ3) is 7.44. The predicted octanol–water partition coefficient (Wildman–Crippen LogP) is 5.76. The van der Waals surface area contributed by atoms with Gasteiger partial charge in [0.15, 0.2) is 0 Å². The van der Waals surface area contributed by atoms with E-state index in [9.17, 15) is 0 Å². The van der Waals surface area contributed by atoms with Crippen molar-refractivity contribution in [3.8, 4) is 0 Å². The summed E-state index contributed by atoms with van der Waals surface area (Å²) in [4.78, 5) is 0. The van der Waals surface area contributed by atoms with Gasteiger partial charge in [-0.2, -0.15) is 10.2 Å². The summed E-state index contributed by atoms with van der Waals surface area (Å²) in [5.41, 5.74) is 4.90. The van der Waals surface area contributed by atoms with Crippen molar-refractivity contribution in [2.24, 2.45) is 7.05 Å². The van der Waals surface area contributed by atoms with E-state index in [0.29, 0.717) is 0 Å². The maximum absolute atomic E-state index is 4.13. The normalized spacial score (nSPS) is 8.42. The van der Waals surface area contributed by atoms with E-state index >= 15 is 0 Å². The zero-order chi connectivity index (χ0) is 19.1. The number of aromatic nitrogens is 4. The Kier molecular flexibility index (Phi) is 14.6. The molecule has 0 atom stereocenters. The summed E-state index contributed by atoms with van der Waals surface area (Å²) in [5, 5.41) is 8.17. The van der Waals surface area contributed by atoms with Gasteiger partial charge >= 0.3 is 0 Å². The van der Waals surface area contributed by atoms with Crippen LogP contribution in [0.5, 0.6) is 0 Å². The van der Waals surface area contributed by atoms with E-state index < -0.39 is 0 Å². The third-order valence-electron chi connectivity index (χ3n) is 3.10. The van der Waals surface area contributed by atoms with Crippen molar-refractivity contribution >= 4 is 5.52 Å². The van der Waals surface area contributed by atoms with Gasteiger partial charge < -0.3 is 0 Å². The van der Waals surface area contributed by atoms with Gasteiger partial charge in [0.2, 0.25) is 0 Å². The van der Waals surface area contributed by atoms with E-state index in [1.165, 1.54) is 22.3 Å². The molecule has 0 aliphatic carbocycles. The van der Waals surface area contributed by atoms with Crippen molar-refractivity contribution in [3.63, 3.8) is 0 Å². The molecule has 3 rings (SSSR count). The van der Waals surface area contributed by atoms with Crippen molar-refractivity contribution in [1.29, 1.82) is 0 Å². The highest BCUT2D eigenvalue weighted by Crippen LogP contribution is 2.06. The van der Waals surface area contributed by atoms with Crippen LogP contribution in [0.25, 0.3) is 5.52 Å². The number of hydrogen-bond donors (Lipinski definition) is 0. The van der Waals surface area contributed by atoms with Crippen LogP contribution in [0.1, 0.15) is 58.4 Å². The molecular weight excluding hydrogens is 296 g/mol. The van der Waals surface area contributed by atoms with Gasteiger partial charge in [-0.05, 0) is 44.0 Å². The van der Waals surface area contributed by atoms with Gasteiger partial charge in [-0.15, -0.1) is 0 Å². The third-order valence-corrected chi connectivity index (χ3v) is 3.10. The molecule has 0 fully saturated rings. The zero-order valence-corrected chi connectivity index (χ0v) is 17.3. The predicted molar refractivity (Wildman–Crippen MR) is 107 cm³/mol. The van der Waals surface area contributed by atoms with Crippen LogP contribution in [0.15, 0.2) is 36.8 Å². The molecule has 0 aliphatic rings. The summed E-state index contributed by atoms with van der Waals surface area (Å²) in [6.45, 7) is 18.2. The lowest BCUT2D eigenvalue weighted by molar-refractivity contribution is 0.739. The van der Waals surface area contributed by atoms with Crippen LogP contribution in [-0.2, 0) is 7.05 Å². The summed E-state index contributed by atoms with van der Waals surface area (Å²) in [6, 6.07) is 6.05. The zero-order valence-electron chi connectivity index (χ0n) is 17.3. The lowest BCUT2D eigenvalue weighted by Gasteiger charge is -1.90.